The minimum absolute atomic E-state index is 0.0552. The Morgan fingerprint density at radius 1 is 1.11 bits per heavy atom. The second-order valence-electron chi connectivity index (χ2n) is 9.08. The van der Waals surface area contributed by atoms with Crippen LogP contribution in [0.3, 0.4) is 0 Å². The van der Waals surface area contributed by atoms with Crippen molar-refractivity contribution in [2.24, 2.45) is 0 Å². The SMILES string of the molecule is COc1cc(N(C)CCN(C)C)c([N+](=O)[O-])cc1Nc1ncc(Cl)c(Nc2ccc(C)cc2P(C)C)n1. The predicted octanol–water partition coefficient (Wildman–Crippen LogP) is 5.21. The van der Waals surface area contributed by atoms with E-state index < -0.39 is 4.92 Å². The Morgan fingerprint density at radius 3 is 2.46 bits per heavy atom. The molecule has 3 rings (SSSR count). The van der Waals surface area contributed by atoms with Gasteiger partial charge in [-0.1, -0.05) is 31.2 Å². The number of aromatic nitrogens is 2. The Labute approximate surface area is 223 Å². The summed E-state index contributed by atoms with van der Waals surface area (Å²) in [5.74, 6) is 1.07. The van der Waals surface area contributed by atoms with Crippen LogP contribution in [0.25, 0.3) is 0 Å². The van der Waals surface area contributed by atoms with E-state index in [2.05, 4.69) is 46.9 Å². The Morgan fingerprint density at radius 2 is 1.84 bits per heavy atom. The molecule has 0 amide bonds. The molecule has 0 aliphatic carbocycles. The van der Waals surface area contributed by atoms with Crippen molar-refractivity contribution in [1.82, 2.24) is 14.9 Å². The van der Waals surface area contributed by atoms with E-state index in [1.54, 1.807) is 6.07 Å². The highest BCUT2D eigenvalue weighted by Gasteiger charge is 2.22. The molecule has 0 saturated carbocycles. The van der Waals surface area contributed by atoms with Gasteiger partial charge in [-0.05, 0) is 51.8 Å². The van der Waals surface area contributed by atoms with Crippen LogP contribution in [0, 0.1) is 17.0 Å². The van der Waals surface area contributed by atoms with E-state index in [0.29, 0.717) is 34.5 Å². The zero-order chi connectivity index (χ0) is 27.3. The molecule has 0 atom stereocenters. The van der Waals surface area contributed by atoms with Crippen LogP contribution in [0.1, 0.15) is 5.56 Å². The van der Waals surface area contributed by atoms with E-state index in [9.17, 15) is 10.1 Å². The molecule has 0 aliphatic rings. The Kier molecular flexibility index (Phi) is 9.48. The van der Waals surface area contributed by atoms with Crippen LogP contribution in [0.5, 0.6) is 5.75 Å². The molecule has 2 N–H and O–H groups in total. The van der Waals surface area contributed by atoms with Crippen molar-refractivity contribution < 1.29 is 9.66 Å². The number of rotatable bonds is 11. The number of nitrogens with one attached hydrogen (secondary N) is 2. The average molecular weight is 546 g/mol. The highest BCUT2D eigenvalue weighted by atomic mass is 35.5. The van der Waals surface area contributed by atoms with Gasteiger partial charge < -0.3 is 25.2 Å². The number of nitrogens with zero attached hydrogens (tertiary/aromatic N) is 5. The van der Waals surface area contributed by atoms with Gasteiger partial charge in [-0.15, -0.1) is 0 Å². The molecule has 37 heavy (non-hydrogen) atoms. The largest absolute Gasteiger partial charge is 0.494 e. The molecule has 2 aromatic carbocycles. The van der Waals surface area contributed by atoms with Crippen molar-refractivity contribution in [3.63, 3.8) is 0 Å². The summed E-state index contributed by atoms with van der Waals surface area (Å²) in [6.07, 6.45) is 1.48. The van der Waals surface area contributed by atoms with Gasteiger partial charge in [0.2, 0.25) is 5.95 Å². The maximum Gasteiger partial charge on any atom is 0.294 e. The van der Waals surface area contributed by atoms with E-state index in [0.717, 1.165) is 12.2 Å². The standard InChI is InChI=1S/C25H33ClN7O3P/c1-16-8-9-18(23(12-16)37(6)7)28-24-17(26)15-27-25(30-24)29-19-13-21(33(34)35)20(14-22(19)36-5)32(4)11-10-31(2)3/h8-9,12-15H,10-11H2,1-7H3,(H2,27,28,29,30). The minimum atomic E-state index is -0.408. The third-order valence-electron chi connectivity index (χ3n) is 5.67. The van der Waals surface area contributed by atoms with E-state index in [-0.39, 0.29) is 19.6 Å². The number of hydrogen-bond donors (Lipinski definition) is 2. The first kappa shape index (κ1) is 28.4. The highest BCUT2D eigenvalue weighted by molar-refractivity contribution is 7.64. The second-order valence-corrected chi connectivity index (χ2v) is 11.8. The molecular weight excluding hydrogens is 513 g/mol. The number of likely N-dealkylation sites (N-methyl/N-ethyl adjacent to an activating group) is 2. The predicted molar refractivity (Wildman–Crippen MR) is 155 cm³/mol. The molecule has 0 aliphatic heterocycles. The maximum absolute atomic E-state index is 11.9. The van der Waals surface area contributed by atoms with Gasteiger partial charge >= 0.3 is 0 Å². The molecule has 0 spiro atoms. The number of benzene rings is 2. The first-order chi connectivity index (χ1) is 17.5. The molecule has 0 fully saturated rings. The lowest BCUT2D eigenvalue weighted by Gasteiger charge is -2.23. The van der Waals surface area contributed by atoms with Gasteiger partial charge in [0.1, 0.15) is 16.5 Å². The number of hydrogen-bond acceptors (Lipinski definition) is 9. The van der Waals surface area contributed by atoms with Crippen molar-refractivity contribution in [2.75, 3.05) is 70.2 Å². The Hall–Kier alpha value is -3.20. The Bertz CT molecular complexity index is 1270. The smallest absolute Gasteiger partial charge is 0.294 e. The molecule has 1 heterocycles. The number of aryl methyl sites for hydroxylation is 1. The normalized spacial score (nSPS) is 11.1. The van der Waals surface area contributed by atoms with Gasteiger partial charge in [0.15, 0.2) is 5.82 Å². The van der Waals surface area contributed by atoms with E-state index in [1.165, 1.54) is 30.2 Å². The fourth-order valence-electron chi connectivity index (χ4n) is 3.63. The summed E-state index contributed by atoms with van der Waals surface area (Å²) in [4.78, 5) is 24.2. The summed E-state index contributed by atoms with van der Waals surface area (Å²) in [6, 6.07) is 9.28. The van der Waals surface area contributed by atoms with Crippen molar-refractivity contribution in [1.29, 1.82) is 0 Å². The quantitative estimate of drug-likeness (QED) is 0.191. The number of nitro groups is 1. The maximum atomic E-state index is 11.9. The number of halogens is 1. The second kappa shape index (κ2) is 12.4. The molecule has 0 unspecified atom stereocenters. The number of anilines is 5. The Balaban J connectivity index is 1.95. The van der Waals surface area contributed by atoms with E-state index >= 15 is 0 Å². The molecule has 0 radical (unpaired) electrons. The van der Waals surface area contributed by atoms with Crippen molar-refractivity contribution in [3.8, 4) is 5.75 Å². The van der Waals surface area contributed by atoms with Gasteiger partial charge in [-0.25, -0.2) is 4.98 Å². The fourth-order valence-corrected chi connectivity index (χ4v) is 4.84. The number of nitro benzene ring substituents is 1. The number of methoxy groups -OCH3 is 1. The van der Waals surface area contributed by atoms with Crippen molar-refractivity contribution in [2.45, 2.75) is 6.92 Å². The topological polar surface area (TPSA) is 109 Å². The lowest BCUT2D eigenvalue weighted by molar-refractivity contribution is -0.384. The molecule has 0 bridgehead atoms. The summed E-state index contributed by atoms with van der Waals surface area (Å²) >= 11 is 6.41. The number of ether oxygens (including phenoxy) is 1. The van der Waals surface area contributed by atoms with Crippen LogP contribution >= 0.6 is 19.5 Å². The first-order valence-electron chi connectivity index (χ1n) is 11.6. The molecule has 12 heteroatoms. The van der Waals surface area contributed by atoms with Crippen LogP contribution in [0.15, 0.2) is 36.5 Å². The van der Waals surface area contributed by atoms with Gasteiger partial charge in [0.25, 0.3) is 5.69 Å². The van der Waals surface area contributed by atoms with Gasteiger partial charge in [0.05, 0.1) is 23.9 Å². The van der Waals surface area contributed by atoms with Crippen LogP contribution in [-0.2, 0) is 0 Å². The summed E-state index contributed by atoms with van der Waals surface area (Å²) in [5, 5.41) is 19.9. The lowest BCUT2D eigenvalue weighted by atomic mass is 10.2. The van der Waals surface area contributed by atoms with Crippen molar-refractivity contribution in [3.05, 3.63) is 57.2 Å². The summed E-state index contributed by atoms with van der Waals surface area (Å²) in [5.41, 5.74) is 2.87. The molecule has 1 aromatic heterocycles. The van der Waals surface area contributed by atoms with Crippen LogP contribution < -0.4 is 25.6 Å². The molecule has 3 aromatic rings. The fraction of sp³-hybridized carbons (Fsp3) is 0.360. The van der Waals surface area contributed by atoms with Crippen LogP contribution in [0.4, 0.5) is 34.5 Å². The highest BCUT2D eigenvalue weighted by Crippen LogP contribution is 2.39. The minimum Gasteiger partial charge on any atom is -0.494 e. The molecule has 10 nitrogen and oxygen atoms in total. The summed E-state index contributed by atoms with van der Waals surface area (Å²) < 4.78 is 5.55. The third-order valence-corrected chi connectivity index (χ3v) is 7.28. The summed E-state index contributed by atoms with van der Waals surface area (Å²) in [7, 11) is 6.86. The van der Waals surface area contributed by atoms with Crippen molar-refractivity contribution >= 4 is 59.3 Å². The summed E-state index contributed by atoms with van der Waals surface area (Å²) in [6.45, 7) is 7.78. The van der Waals surface area contributed by atoms with Gasteiger partial charge in [-0.2, -0.15) is 4.98 Å². The molecule has 0 saturated heterocycles. The third kappa shape index (κ3) is 7.19. The van der Waals surface area contributed by atoms with Gasteiger partial charge in [0, 0.05) is 38.0 Å². The van der Waals surface area contributed by atoms with Crippen LogP contribution in [0.2, 0.25) is 5.02 Å². The zero-order valence-corrected chi connectivity index (χ0v) is 23.8. The zero-order valence-electron chi connectivity index (χ0n) is 22.2. The average Bonchev–Trinajstić information content (AvgIpc) is 2.85. The molecule has 198 valence electrons. The first-order valence-corrected chi connectivity index (χ1v) is 14.2. The van der Waals surface area contributed by atoms with Gasteiger partial charge in [-0.3, -0.25) is 10.1 Å². The van der Waals surface area contributed by atoms with Crippen LogP contribution in [-0.4, -0.2) is 74.5 Å². The monoisotopic (exact) mass is 545 g/mol. The van der Waals surface area contributed by atoms with E-state index in [1.807, 2.05) is 43.1 Å². The lowest BCUT2D eigenvalue weighted by Crippen LogP contribution is -2.28. The molecular formula is C25H33ClN7O3P. The van der Waals surface area contributed by atoms with E-state index in [4.69, 9.17) is 16.3 Å².